The molecule has 0 spiro atoms. The topological polar surface area (TPSA) is 118 Å². The van der Waals surface area contributed by atoms with E-state index in [2.05, 4.69) is 5.32 Å². The van der Waals surface area contributed by atoms with Crippen molar-refractivity contribution in [3.8, 4) is 0 Å². The Bertz CT molecular complexity index is 893. The predicted molar refractivity (Wildman–Crippen MR) is 92.8 cm³/mol. The highest BCUT2D eigenvalue weighted by Gasteiger charge is 2.21. The van der Waals surface area contributed by atoms with Crippen LogP contribution in [-0.4, -0.2) is 49.1 Å². The number of rotatable bonds is 7. The van der Waals surface area contributed by atoms with Crippen LogP contribution in [-0.2, 0) is 20.6 Å². The van der Waals surface area contributed by atoms with Gasteiger partial charge in [-0.2, -0.15) is 0 Å². The number of aromatic nitrogens is 3. The van der Waals surface area contributed by atoms with Gasteiger partial charge >= 0.3 is 5.69 Å². The van der Waals surface area contributed by atoms with E-state index in [0.717, 1.165) is 17.4 Å². The Morgan fingerprint density at radius 1 is 1.28 bits per heavy atom. The third-order valence-corrected chi connectivity index (χ3v) is 4.17. The van der Waals surface area contributed by atoms with Crippen LogP contribution in [0.25, 0.3) is 11.0 Å². The highest BCUT2D eigenvalue weighted by Crippen LogP contribution is 2.17. The van der Waals surface area contributed by atoms with Gasteiger partial charge in [0, 0.05) is 27.2 Å². The maximum Gasteiger partial charge on any atom is 0.332 e. The zero-order valence-electron chi connectivity index (χ0n) is 14.7. The van der Waals surface area contributed by atoms with Crippen molar-refractivity contribution in [3.63, 3.8) is 0 Å². The van der Waals surface area contributed by atoms with Gasteiger partial charge in [0.1, 0.15) is 11.3 Å². The minimum Gasteiger partial charge on any atom is -0.394 e. The lowest BCUT2D eigenvalue weighted by Crippen LogP contribution is -2.37. The zero-order valence-corrected chi connectivity index (χ0v) is 14.7. The van der Waals surface area contributed by atoms with Gasteiger partial charge in [0.25, 0.3) is 11.5 Å². The minimum atomic E-state index is -1.06. The molecule has 0 fully saturated rings. The average molecular weight is 352 g/mol. The number of nitrogens with one attached hydrogen (secondary N) is 1. The highest BCUT2D eigenvalue weighted by atomic mass is 16.3. The first-order valence-electron chi connectivity index (χ1n) is 8.19. The lowest BCUT2D eigenvalue weighted by Gasteiger charge is -2.13. The molecular weight excluding hydrogens is 328 g/mol. The van der Waals surface area contributed by atoms with E-state index in [-0.39, 0.29) is 17.6 Å². The first-order chi connectivity index (χ1) is 11.8. The largest absolute Gasteiger partial charge is 0.394 e. The summed E-state index contributed by atoms with van der Waals surface area (Å²) in [5.74, 6) is -0.477. The molecule has 1 amide bonds. The molecule has 0 aliphatic rings. The van der Waals surface area contributed by atoms with Crippen LogP contribution in [0.1, 0.15) is 30.3 Å². The van der Waals surface area contributed by atoms with Crippen LogP contribution < -0.4 is 16.6 Å². The molecule has 0 unspecified atom stereocenters. The summed E-state index contributed by atoms with van der Waals surface area (Å²) < 4.78 is 4.01. The summed E-state index contributed by atoms with van der Waals surface area (Å²) in [5.41, 5.74) is -0.282. The van der Waals surface area contributed by atoms with Crippen molar-refractivity contribution < 1.29 is 15.0 Å². The molecule has 1 atom stereocenters. The third kappa shape index (κ3) is 3.52. The van der Waals surface area contributed by atoms with Gasteiger partial charge in [-0.15, -0.1) is 0 Å². The van der Waals surface area contributed by atoms with Crippen LogP contribution in [0.4, 0.5) is 0 Å². The van der Waals surface area contributed by atoms with Crippen LogP contribution >= 0.6 is 0 Å². The van der Waals surface area contributed by atoms with Crippen LogP contribution in [0.3, 0.4) is 0 Å². The molecular formula is C16H24N4O5. The Morgan fingerprint density at radius 2 is 1.96 bits per heavy atom. The summed E-state index contributed by atoms with van der Waals surface area (Å²) in [6, 6.07) is 1.47. The van der Waals surface area contributed by atoms with Crippen molar-refractivity contribution in [2.75, 3.05) is 13.2 Å². The summed E-state index contributed by atoms with van der Waals surface area (Å²) in [6.07, 6.45) is 0.588. The van der Waals surface area contributed by atoms with Crippen molar-refractivity contribution in [3.05, 3.63) is 32.6 Å². The molecule has 0 radical (unpaired) electrons. The van der Waals surface area contributed by atoms with Crippen molar-refractivity contribution in [1.82, 2.24) is 19.0 Å². The predicted octanol–water partition coefficient (Wildman–Crippen LogP) is -1.08. The van der Waals surface area contributed by atoms with Gasteiger partial charge in [-0.3, -0.25) is 18.7 Å². The number of nitrogens with zero attached hydrogens (tertiary/aromatic N) is 3. The van der Waals surface area contributed by atoms with Crippen LogP contribution in [0.2, 0.25) is 0 Å². The molecule has 0 saturated carbocycles. The summed E-state index contributed by atoms with van der Waals surface area (Å²) >= 11 is 0. The van der Waals surface area contributed by atoms with Crippen molar-refractivity contribution >= 4 is 16.9 Å². The van der Waals surface area contributed by atoms with E-state index in [0.29, 0.717) is 12.2 Å². The van der Waals surface area contributed by atoms with Crippen molar-refractivity contribution in [2.24, 2.45) is 14.1 Å². The number of fused-ring (bicyclic) bond motifs is 1. The number of hydrogen-bond acceptors (Lipinski definition) is 5. The second-order valence-corrected chi connectivity index (χ2v) is 6.02. The maximum absolute atomic E-state index is 12.5. The van der Waals surface area contributed by atoms with E-state index in [1.54, 1.807) is 11.6 Å². The number of unbranched alkanes of at least 4 members (excludes halogenated alkanes) is 1. The van der Waals surface area contributed by atoms with Crippen molar-refractivity contribution in [2.45, 2.75) is 32.4 Å². The molecule has 0 aromatic carbocycles. The SMILES string of the molecule is CCCCn1c(C(=O)NC[C@H](O)CO)cc2c(=O)n(C)c(=O)n(C)c21. The Morgan fingerprint density at radius 3 is 2.56 bits per heavy atom. The summed E-state index contributed by atoms with van der Waals surface area (Å²) in [6.45, 7) is 1.91. The number of aliphatic hydroxyl groups excluding tert-OH is 2. The van der Waals surface area contributed by atoms with Gasteiger partial charge in [-0.1, -0.05) is 13.3 Å². The van der Waals surface area contributed by atoms with Gasteiger partial charge in [0.15, 0.2) is 0 Å². The van der Waals surface area contributed by atoms with Crippen molar-refractivity contribution in [1.29, 1.82) is 0 Å². The molecule has 9 heteroatoms. The quantitative estimate of drug-likeness (QED) is 0.586. The Balaban J connectivity index is 2.61. The van der Waals surface area contributed by atoms with Gasteiger partial charge < -0.3 is 20.1 Å². The molecule has 2 aromatic rings. The first kappa shape index (κ1) is 18.9. The fraction of sp³-hybridized carbons (Fsp3) is 0.562. The van der Waals surface area contributed by atoms with Gasteiger partial charge in [-0.25, -0.2) is 4.79 Å². The Labute approximate surface area is 144 Å². The standard InChI is InChI=1S/C16H24N4O5/c1-4-5-6-20-12(13(23)17-8-10(22)9-21)7-11-14(20)18(2)16(25)19(3)15(11)24/h7,10,21-22H,4-6,8-9H2,1-3H3,(H,17,23)/t10-/m0/s1. The molecule has 2 heterocycles. The number of hydrogen-bond donors (Lipinski definition) is 3. The molecule has 9 nitrogen and oxygen atoms in total. The molecule has 0 aliphatic heterocycles. The summed E-state index contributed by atoms with van der Waals surface area (Å²) in [4.78, 5) is 37.1. The monoisotopic (exact) mass is 352 g/mol. The molecule has 0 saturated heterocycles. The fourth-order valence-corrected chi connectivity index (χ4v) is 2.74. The number of amides is 1. The van der Waals surface area contributed by atoms with Gasteiger partial charge in [-0.05, 0) is 12.5 Å². The third-order valence-electron chi connectivity index (χ3n) is 4.17. The van der Waals surface area contributed by atoms with Gasteiger partial charge in [0.2, 0.25) is 0 Å². The Hall–Kier alpha value is -2.39. The fourth-order valence-electron chi connectivity index (χ4n) is 2.74. The lowest BCUT2D eigenvalue weighted by molar-refractivity contribution is 0.0796. The molecule has 2 aromatic heterocycles. The van der Waals surface area contributed by atoms with Crippen LogP contribution in [0.15, 0.2) is 15.7 Å². The van der Waals surface area contributed by atoms with E-state index < -0.39 is 29.9 Å². The number of aliphatic hydroxyl groups is 2. The molecule has 2 rings (SSSR count). The highest BCUT2D eigenvalue weighted by molar-refractivity contribution is 5.97. The average Bonchev–Trinajstić information content (AvgIpc) is 3.00. The van der Waals surface area contributed by atoms with Crippen LogP contribution in [0, 0.1) is 0 Å². The van der Waals surface area contributed by atoms with E-state index in [9.17, 15) is 19.5 Å². The van der Waals surface area contributed by atoms with E-state index in [4.69, 9.17) is 5.11 Å². The van der Waals surface area contributed by atoms with E-state index >= 15 is 0 Å². The normalized spacial score (nSPS) is 12.5. The molecule has 0 bridgehead atoms. The number of carbonyl (C=O) groups excluding carboxylic acids is 1. The Kier molecular flexibility index (Phi) is 5.81. The number of aryl methyl sites for hydroxylation is 2. The summed E-state index contributed by atoms with van der Waals surface area (Å²) in [7, 11) is 2.95. The van der Waals surface area contributed by atoms with E-state index in [1.807, 2.05) is 6.92 Å². The van der Waals surface area contributed by atoms with Crippen LogP contribution in [0.5, 0.6) is 0 Å². The molecule has 3 N–H and O–H groups in total. The second-order valence-electron chi connectivity index (χ2n) is 6.02. The molecule has 138 valence electrons. The van der Waals surface area contributed by atoms with E-state index in [1.165, 1.54) is 17.7 Å². The second kappa shape index (κ2) is 7.66. The first-order valence-corrected chi connectivity index (χ1v) is 8.19. The lowest BCUT2D eigenvalue weighted by atomic mass is 10.3. The maximum atomic E-state index is 12.5. The molecule has 25 heavy (non-hydrogen) atoms. The molecule has 0 aliphatic carbocycles. The minimum absolute atomic E-state index is 0.110. The zero-order chi connectivity index (χ0) is 18.7. The smallest absolute Gasteiger partial charge is 0.332 e. The van der Waals surface area contributed by atoms with Gasteiger partial charge in [0.05, 0.1) is 18.1 Å². The summed E-state index contributed by atoms with van der Waals surface area (Å²) in [5, 5.41) is 21.1. The number of carbonyl (C=O) groups is 1.